The van der Waals surface area contributed by atoms with Crippen LogP contribution in [0.3, 0.4) is 0 Å². The van der Waals surface area contributed by atoms with E-state index in [2.05, 4.69) is 10.9 Å². The highest BCUT2D eigenvalue weighted by Gasteiger charge is 2.17. The molecule has 2 unspecified atom stereocenters. The zero-order valence-corrected chi connectivity index (χ0v) is 15.7. The van der Waals surface area contributed by atoms with E-state index in [1.807, 2.05) is 69.3 Å². The van der Waals surface area contributed by atoms with Crippen LogP contribution in [0.4, 0.5) is 0 Å². The minimum Gasteiger partial charge on any atom is -0.481 e. The van der Waals surface area contributed by atoms with Gasteiger partial charge in [0.05, 0.1) is 0 Å². The highest BCUT2D eigenvalue weighted by Crippen LogP contribution is 2.21. The average Bonchev–Trinajstić information content (AvgIpc) is 2.64. The summed E-state index contributed by atoms with van der Waals surface area (Å²) in [6.07, 6.45) is -0.432. The molecule has 2 atom stereocenters. The Bertz CT molecular complexity index is 759. The highest BCUT2D eigenvalue weighted by atomic mass is 16.5. The standard InChI is InChI=1S/C21H26N2O3/c1-14-9-8-12-19(16(14)3)26-17(4)21(25)23-22-20(24)13-15(2)18-10-6-5-7-11-18/h5-12,15,17H,13H2,1-4H3,(H,22,24)(H,23,25). The molecule has 0 aliphatic carbocycles. The maximum absolute atomic E-state index is 12.2. The number of hydrazine groups is 1. The third kappa shape index (κ3) is 5.34. The molecule has 0 saturated heterocycles. The van der Waals surface area contributed by atoms with Crippen LogP contribution in [0.5, 0.6) is 5.75 Å². The van der Waals surface area contributed by atoms with Crippen LogP contribution >= 0.6 is 0 Å². The zero-order chi connectivity index (χ0) is 19.1. The van der Waals surface area contributed by atoms with E-state index in [1.165, 1.54) is 0 Å². The predicted molar refractivity (Wildman–Crippen MR) is 102 cm³/mol. The van der Waals surface area contributed by atoms with Crippen molar-refractivity contribution in [2.45, 2.75) is 46.1 Å². The van der Waals surface area contributed by atoms with Gasteiger partial charge in [0.15, 0.2) is 6.10 Å². The molecule has 0 aliphatic rings. The first kappa shape index (κ1) is 19.5. The fourth-order valence-electron chi connectivity index (χ4n) is 2.56. The van der Waals surface area contributed by atoms with Crippen molar-refractivity contribution in [3.63, 3.8) is 0 Å². The third-order valence-corrected chi connectivity index (χ3v) is 4.41. The van der Waals surface area contributed by atoms with Gasteiger partial charge in [-0.1, -0.05) is 49.4 Å². The van der Waals surface area contributed by atoms with Gasteiger partial charge in [0.25, 0.3) is 5.91 Å². The van der Waals surface area contributed by atoms with Crippen molar-refractivity contribution in [3.05, 3.63) is 65.2 Å². The molecule has 0 fully saturated rings. The molecule has 0 radical (unpaired) electrons. The van der Waals surface area contributed by atoms with Gasteiger partial charge in [-0.3, -0.25) is 20.4 Å². The molecular formula is C21H26N2O3. The van der Waals surface area contributed by atoms with Crippen molar-refractivity contribution >= 4 is 11.8 Å². The summed E-state index contributed by atoms with van der Waals surface area (Å²) in [5.41, 5.74) is 8.06. The highest BCUT2D eigenvalue weighted by molar-refractivity contribution is 5.84. The van der Waals surface area contributed by atoms with Crippen molar-refractivity contribution in [2.24, 2.45) is 0 Å². The van der Waals surface area contributed by atoms with Crippen LogP contribution in [0, 0.1) is 13.8 Å². The summed E-state index contributed by atoms with van der Waals surface area (Å²) in [5.74, 6) is 0.0913. The summed E-state index contributed by atoms with van der Waals surface area (Å²) < 4.78 is 5.71. The Hall–Kier alpha value is -2.82. The number of carbonyl (C=O) groups excluding carboxylic acids is 2. The fraction of sp³-hybridized carbons (Fsp3) is 0.333. The van der Waals surface area contributed by atoms with Gasteiger partial charge >= 0.3 is 0 Å². The molecule has 0 heterocycles. The van der Waals surface area contributed by atoms with E-state index in [0.29, 0.717) is 5.75 Å². The maximum atomic E-state index is 12.2. The Kier molecular flexibility index (Phi) is 6.78. The van der Waals surface area contributed by atoms with Crippen LogP contribution in [0.1, 0.15) is 42.9 Å². The normalized spacial score (nSPS) is 12.8. The van der Waals surface area contributed by atoms with Crippen LogP contribution < -0.4 is 15.6 Å². The Balaban J connectivity index is 1.81. The first-order valence-electron chi connectivity index (χ1n) is 8.75. The van der Waals surface area contributed by atoms with Gasteiger partial charge in [-0.15, -0.1) is 0 Å². The molecule has 0 aliphatic heterocycles. The van der Waals surface area contributed by atoms with Crippen LogP contribution in [-0.2, 0) is 9.59 Å². The van der Waals surface area contributed by atoms with Crippen LogP contribution in [-0.4, -0.2) is 17.9 Å². The summed E-state index contributed by atoms with van der Waals surface area (Å²) in [6, 6.07) is 15.5. The summed E-state index contributed by atoms with van der Waals surface area (Å²) in [5, 5.41) is 0. The second-order valence-electron chi connectivity index (χ2n) is 6.51. The number of hydrogen-bond acceptors (Lipinski definition) is 3. The number of carbonyl (C=O) groups is 2. The minimum absolute atomic E-state index is 0.0664. The lowest BCUT2D eigenvalue weighted by Gasteiger charge is -2.18. The number of aryl methyl sites for hydroxylation is 1. The van der Waals surface area contributed by atoms with Crippen molar-refractivity contribution in [1.82, 2.24) is 10.9 Å². The van der Waals surface area contributed by atoms with Gasteiger partial charge < -0.3 is 4.74 Å². The van der Waals surface area contributed by atoms with E-state index < -0.39 is 12.0 Å². The average molecular weight is 354 g/mol. The van der Waals surface area contributed by atoms with E-state index in [0.717, 1.165) is 16.7 Å². The maximum Gasteiger partial charge on any atom is 0.279 e. The van der Waals surface area contributed by atoms with Crippen molar-refractivity contribution in [3.8, 4) is 5.75 Å². The van der Waals surface area contributed by atoms with Crippen molar-refractivity contribution < 1.29 is 14.3 Å². The molecule has 2 rings (SSSR count). The second kappa shape index (κ2) is 9.04. The predicted octanol–water partition coefficient (Wildman–Crippen LogP) is 3.41. The molecule has 2 N–H and O–H groups in total. The first-order chi connectivity index (χ1) is 12.4. The quantitative estimate of drug-likeness (QED) is 0.781. The lowest BCUT2D eigenvalue weighted by Crippen LogP contribution is -2.47. The Morgan fingerprint density at radius 2 is 1.65 bits per heavy atom. The third-order valence-electron chi connectivity index (χ3n) is 4.41. The molecule has 0 bridgehead atoms. The van der Waals surface area contributed by atoms with Gasteiger partial charge in [-0.05, 0) is 49.4 Å². The van der Waals surface area contributed by atoms with Crippen LogP contribution in [0.2, 0.25) is 0 Å². The Morgan fingerprint density at radius 1 is 0.962 bits per heavy atom. The molecule has 0 saturated carbocycles. The van der Waals surface area contributed by atoms with Gasteiger partial charge in [0.1, 0.15) is 5.75 Å². The van der Waals surface area contributed by atoms with Gasteiger partial charge in [0, 0.05) is 6.42 Å². The van der Waals surface area contributed by atoms with Gasteiger partial charge in [-0.25, -0.2) is 0 Å². The van der Waals surface area contributed by atoms with Gasteiger partial charge in [0.2, 0.25) is 5.91 Å². The molecule has 2 amide bonds. The van der Waals surface area contributed by atoms with Gasteiger partial charge in [-0.2, -0.15) is 0 Å². The number of nitrogens with one attached hydrogen (secondary N) is 2. The smallest absolute Gasteiger partial charge is 0.279 e. The van der Waals surface area contributed by atoms with Crippen molar-refractivity contribution in [2.75, 3.05) is 0 Å². The summed E-state index contributed by atoms with van der Waals surface area (Å²) in [6.45, 7) is 7.56. The SMILES string of the molecule is Cc1cccc(OC(C)C(=O)NNC(=O)CC(C)c2ccccc2)c1C. The fourth-order valence-corrected chi connectivity index (χ4v) is 2.56. The number of amides is 2. The van der Waals surface area contributed by atoms with Crippen LogP contribution in [0.15, 0.2) is 48.5 Å². The van der Waals surface area contributed by atoms with E-state index >= 15 is 0 Å². The molecule has 26 heavy (non-hydrogen) atoms. The number of benzene rings is 2. The Labute approximate surface area is 154 Å². The molecule has 0 spiro atoms. The molecule has 0 aromatic heterocycles. The van der Waals surface area contributed by atoms with Crippen molar-refractivity contribution in [1.29, 1.82) is 0 Å². The molecule has 2 aromatic carbocycles. The van der Waals surface area contributed by atoms with E-state index in [-0.39, 0.29) is 18.2 Å². The second-order valence-corrected chi connectivity index (χ2v) is 6.51. The summed E-state index contributed by atoms with van der Waals surface area (Å²) in [7, 11) is 0. The number of rotatable bonds is 6. The Morgan fingerprint density at radius 3 is 2.35 bits per heavy atom. The molecule has 2 aromatic rings. The minimum atomic E-state index is -0.720. The van der Waals surface area contributed by atoms with Crippen LogP contribution in [0.25, 0.3) is 0 Å². The largest absolute Gasteiger partial charge is 0.481 e. The lowest BCUT2D eigenvalue weighted by molar-refractivity contribution is -0.132. The first-order valence-corrected chi connectivity index (χ1v) is 8.75. The van der Waals surface area contributed by atoms with E-state index in [1.54, 1.807) is 6.92 Å². The lowest BCUT2D eigenvalue weighted by atomic mass is 9.98. The molecule has 5 nitrogen and oxygen atoms in total. The van der Waals surface area contributed by atoms with E-state index in [4.69, 9.17) is 4.74 Å². The summed E-state index contributed by atoms with van der Waals surface area (Å²) >= 11 is 0. The zero-order valence-electron chi connectivity index (χ0n) is 15.7. The molecule has 138 valence electrons. The topological polar surface area (TPSA) is 67.4 Å². The number of ether oxygens (including phenoxy) is 1. The summed E-state index contributed by atoms with van der Waals surface area (Å²) in [4.78, 5) is 24.2. The van der Waals surface area contributed by atoms with E-state index in [9.17, 15) is 9.59 Å². The number of hydrogen-bond donors (Lipinski definition) is 2. The molecular weight excluding hydrogens is 328 g/mol. The molecule has 5 heteroatoms. The monoisotopic (exact) mass is 354 g/mol.